The van der Waals surface area contributed by atoms with Crippen molar-refractivity contribution in [3.05, 3.63) is 279 Å². The van der Waals surface area contributed by atoms with Gasteiger partial charge in [0, 0.05) is 0 Å². The fraction of sp³-hybridized carbons (Fsp3) is 0.0159. The van der Waals surface area contributed by atoms with Gasteiger partial charge in [0.05, 0.1) is 0 Å². The van der Waals surface area contributed by atoms with E-state index < -0.39 is 15.8 Å². The summed E-state index contributed by atoms with van der Waals surface area (Å²) in [6.07, 6.45) is 15.2. The van der Waals surface area contributed by atoms with Gasteiger partial charge in [-0.25, -0.2) is 0 Å². The minimum absolute atomic E-state index is 0. The average molecular weight is 1080 g/mol. The van der Waals surface area contributed by atoms with E-state index >= 15 is 0 Å². The molecule has 0 radical (unpaired) electrons. The van der Waals surface area contributed by atoms with Gasteiger partial charge in [0.25, 0.3) is 0 Å². The fourth-order valence-electron chi connectivity index (χ4n) is 8.80. The van der Waals surface area contributed by atoms with E-state index in [-0.39, 0.29) is 44.8 Å². The third-order valence-electron chi connectivity index (χ3n) is 11.9. The van der Waals surface area contributed by atoms with Crippen LogP contribution in [0.4, 0.5) is 0 Å². The number of hydrogen-bond donors (Lipinski definition) is 0. The van der Waals surface area contributed by atoms with Gasteiger partial charge in [0.2, 0.25) is 0 Å². The predicted molar refractivity (Wildman–Crippen MR) is 287 cm³/mol. The van der Waals surface area contributed by atoms with Crippen LogP contribution in [0.3, 0.4) is 0 Å². The van der Waals surface area contributed by atoms with Crippen molar-refractivity contribution in [3.63, 3.8) is 0 Å². The Labute approximate surface area is 429 Å². The maximum Gasteiger partial charge on any atom is 1.00 e. The molecule has 67 heavy (non-hydrogen) atoms. The molecular weight excluding hydrogens is 1030 g/mol. The molecule has 0 aliphatic carbocycles. The summed E-state index contributed by atoms with van der Waals surface area (Å²) in [7, 11) is -1.69. The summed E-state index contributed by atoms with van der Waals surface area (Å²) in [6, 6.07) is 89.9. The maximum absolute atomic E-state index is 7.73. The summed E-state index contributed by atoms with van der Waals surface area (Å²) in [5.41, 5.74) is 4.18. The Hall–Kier alpha value is -6.08. The number of rotatable bonds is 7. The first-order valence-corrected chi connectivity index (χ1v) is 25.3. The van der Waals surface area contributed by atoms with Crippen LogP contribution >= 0.6 is 15.8 Å². The molecule has 0 unspecified atom stereocenters. The van der Waals surface area contributed by atoms with E-state index in [2.05, 4.69) is 212 Å². The first kappa shape index (κ1) is 48.8. The van der Waals surface area contributed by atoms with Crippen molar-refractivity contribution < 1.29 is 44.8 Å². The van der Waals surface area contributed by atoms with E-state index in [1.807, 2.05) is 54.6 Å². The van der Waals surface area contributed by atoms with Crippen LogP contribution in [0.15, 0.2) is 255 Å². The molecule has 0 nitrogen and oxygen atoms in total. The van der Waals surface area contributed by atoms with Gasteiger partial charge < -0.3 is 12.8 Å². The molecular formula is C63H46Ag2P2+2. The third-order valence-corrected chi connectivity index (χ3v) is 18.8. The van der Waals surface area contributed by atoms with Crippen LogP contribution in [0, 0.1) is 24.7 Å². The van der Waals surface area contributed by atoms with E-state index in [9.17, 15) is 0 Å². The number of hydrogen-bond acceptors (Lipinski definition) is 0. The summed E-state index contributed by atoms with van der Waals surface area (Å²) in [5.74, 6) is 6.45. The van der Waals surface area contributed by atoms with Gasteiger partial charge in [-0.3, -0.25) is 11.8 Å². The molecule has 0 amide bonds. The van der Waals surface area contributed by atoms with Gasteiger partial charge in [-0.05, 0) is 87.3 Å². The molecule has 11 aromatic carbocycles. The van der Waals surface area contributed by atoms with Crippen LogP contribution < -0.4 is 21.2 Å². The zero-order valence-electron chi connectivity index (χ0n) is 36.6. The van der Waals surface area contributed by atoms with Gasteiger partial charge >= 0.3 is 44.8 Å². The van der Waals surface area contributed by atoms with Gasteiger partial charge in [0.15, 0.2) is 5.90 Å². The first-order valence-electron chi connectivity index (χ1n) is 21.9. The van der Waals surface area contributed by atoms with Crippen LogP contribution in [0.25, 0.3) is 54.2 Å². The second-order valence-electron chi connectivity index (χ2n) is 15.7. The zero-order chi connectivity index (χ0) is 44.2. The molecule has 328 valence electrons. The Morgan fingerprint density at radius 1 is 0.299 bits per heavy atom. The molecule has 11 aromatic rings. The van der Waals surface area contributed by atoms with E-state index in [4.69, 9.17) is 12.8 Å². The van der Waals surface area contributed by atoms with Crippen LogP contribution in [-0.2, 0) is 44.8 Å². The molecule has 0 aliphatic rings. The Kier molecular flexibility index (Phi) is 17.6. The monoisotopic (exact) mass is 1080 g/mol. The topological polar surface area (TPSA) is 0 Å². The Morgan fingerprint density at radius 2 is 0.567 bits per heavy atom. The van der Waals surface area contributed by atoms with Gasteiger partial charge in [0.1, 0.15) is 37.1 Å². The normalized spacial score (nSPS) is 10.4. The summed E-state index contributed by atoms with van der Waals surface area (Å²) in [5, 5.41) is 15.0. The van der Waals surface area contributed by atoms with E-state index in [1.165, 1.54) is 49.0 Å². The Morgan fingerprint density at radius 3 is 0.910 bits per heavy atom. The van der Waals surface area contributed by atoms with Crippen molar-refractivity contribution in [3.8, 4) is 23.0 Å². The summed E-state index contributed by atoms with van der Waals surface area (Å²) in [6.45, 7) is 0. The number of benzene rings is 11. The van der Waals surface area contributed by atoms with Crippen molar-refractivity contribution in [2.75, 3.05) is 5.90 Å². The van der Waals surface area contributed by atoms with Crippen molar-refractivity contribution in [1.82, 2.24) is 0 Å². The molecule has 0 aromatic heterocycles. The molecule has 0 N–H and O–H groups in total. The van der Waals surface area contributed by atoms with Crippen molar-refractivity contribution in [2.45, 2.75) is 0 Å². The fourth-order valence-corrected chi connectivity index (χ4v) is 16.5. The molecule has 0 bridgehead atoms. The summed E-state index contributed by atoms with van der Waals surface area (Å²) < 4.78 is 0. The molecule has 0 saturated heterocycles. The van der Waals surface area contributed by atoms with Crippen LogP contribution in [-0.4, -0.2) is 5.90 Å². The Balaban J connectivity index is 0.000000151. The van der Waals surface area contributed by atoms with Crippen LogP contribution in [0.5, 0.6) is 0 Å². The second kappa shape index (κ2) is 24.1. The molecule has 0 saturated carbocycles. The molecule has 4 heteroatoms. The minimum Gasteiger partial charge on any atom is -0.366 e. The minimum atomic E-state index is -0.847. The Bertz CT molecular complexity index is 3150. The molecule has 0 aliphatic heterocycles. The predicted octanol–water partition coefficient (Wildman–Crippen LogP) is 14.2. The molecule has 11 rings (SSSR count). The molecule has 0 heterocycles. The van der Waals surface area contributed by atoms with Gasteiger partial charge in [-0.15, -0.1) is 11.1 Å². The van der Waals surface area contributed by atoms with Crippen molar-refractivity contribution >= 4 is 80.2 Å². The SMILES string of the molecule is [Ag+].[Ag+].[C-]#Cc1c2ccccc2c(-c2ccccc2)c2ccccc12.[C-]#Cc1c2ccccc2cc2ccccc12.c1ccc([PH+](C[PH+](c2ccccc2)c2ccccc2)c2ccccc2)cc1. The first-order chi connectivity index (χ1) is 32.2. The van der Waals surface area contributed by atoms with Gasteiger partial charge in [-0.2, -0.15) is 0 Å². The third kappa shape index (κ3) is 11.2. The summed E-state index contributed by atoms with van der Waals surface area (Å²) >= 11 is 0. The standard InChI is InChI=1S/C25H22P2.C22H13.C16H9.2Ag/c1-5-13-22(14-6-1)26(23-15-7-2-8-16-23)21-27(24-17-9-3-10-18-24)25-19-11-4-12-20-25;1-2-17-18-12-6-8-14-20(18)22(16-10-4-3-5-11-16)21-15-9-7-13-19(17)21;1-2-14-15-9-5-3-7-12(15)11-13-8-4-6-10-16(13)14;;/h1-20H,21H2;3-15H;3-11H;;/q;2*-1;2*+1/p+2. The maximum atomic E-state index is 7.73. The van der Waals surface area contributed by atoms with Crippen LogP contribution in [0.2, 0.25) is 0 Å². The average Bonchev–Trinajstić information content (AvgIpc) is 3.39. The van der Waals surface area contributed by atoms with Crippen molar-refractivity contribution in [1.29, 1.82) is 0 Å². The van der Waals surface area contributed by atoms with Crippen molar-refractivity contribution in [2.24, 2.45) is 0 Å². The smallest absolute Gasteiger partial charge is 0.366 e. The van der Waals surface area contributed by atoms with Gasteiger partial charge in [-0.1, -0.05) is 222 Å². The number of fused-ring (bicyclic) bond motifs is 4. The van der Waals surface area contributed by atoms with Crippen LogP contribution in [0.1, 0.15) is 11.1 Å². The van der Waals surface area contributed by atoms with E-state index in [0.29, 0.717) is 0 Å². The van der Waals surface area contributed by atoms with E-state index in [0.717, 1.165) is 43.4 Å². The molecule has 0 spiro atoms. The second-order valence-corrected chi connectivity index (χ2v) is 21.4. The zero-order valence-corrected chi connectivity index (χ0v) is 41.5. The molecule has 0 fully saturated rings. The largest absolute Gasteiger partial charge is 1.00 e. The summed E-state index contributed by atoms with van der Waals surface area (Å²) in [4.78, 5) is 0. The molecule has 0 atom stereocenters. The quantitative estimate of drug-likeness (QED) is 0.0491. The van der Waals surface area contributed by atoms with E-state index in [1.54, 1.807) is 0 Å².